The van der Waals surface area contributed by atoms with E-state index in [0.29, 0.717) is 33.0 Å². The number of fused-ring (bicyclic) bond motifs is 1. The number of H-pyrrole nitrogens is 1. The predicted octanol–water partition coefficient (Wildman–Crippen LogP) is 2.41. The zero-order chi connectivity index (χ0) is 19.6. The van der Waals surface area contributed by atoms with Crippen LogP contribution in [0.2, 0.25) is 0 Å². The molecule has 1 amide bonds. The number of thiophene rings is 1. The van der Waals surface area contributed by atoms with E-state index in [1.165, 1.54) is 7.11 Å². The molecule has 0 aliphatic rings. The molecule has 0 atom stereocenters. The molecule has 140 valence electrons. The number of aromatic nitrogens is 2. The monoisotopic (exact) mass is 387 g/mol. The van der Waals surface area contributed by atoms with Crippen molar-refractivity contribution in [2.75, 3.05) is 19.0 Å². The van der Waals surface area contributed by atoms with Gasteiger partial charge in [-0.2, -0.15) is 0 Å². The maximum absolute atomic E-state index is 12.3. The highest BCUT2D eigenvalue weighted by Crippen LogP contribution is 2.27. The van der Waals surface area contributed by atoms with Gasteiger partial charge in [-0.3, -0.25) is 9.59 Å². The molecular formula is C18H17N3O5S. The molecule has 3 rings (SSSR count). The van der Waals surface area contributed by atoms with Crippen LogP contribution in [0.4, 0.5) is 5.69 Å². The number of hydrogen-bond acceptors (Lipinski definition) is 7. The fraction of sp³-hybridized carbons (Fsp3) is 0.222. The van der Waals surface area contributed by atoms with Crippen LogP contribution in [0.3, 0.4) is 0 Å². The van der Waals surface area contributed by atoms with E-state index in [1.54, 1.807) is 38.1 Å². The molecular weight excluding hydrogens is 370 g/mol. The minimum absolute atomic E-state index is 0.253. The van der Waals surface area contributed by atoms with Gasteiger partial charge in [-0.25, -0.2) is 9.78 Å². The summed E-state index contributed by atoms with van der Waals surface area (Å²) in [7, 11) is 1.53. The third-order valence-corrected chi connectivity index (χ3v) is 4.96. The van der Waals surface area contributed by atoms with Crippen LogP contribution in [0, 0.1) is 13.8 Å². The summed E-state index contributed by atoms with van der Waals surface area (Å²) >= 11 is 1.07. The molecule has 3 aromatic rings. The Balaban J connectivity index is 1.69. The van der Waals surface area contributed by atoms with Crippen LogP contribution in [0.1, 0.15) is 21.1 Å². The minimum Gasteiger partial charge on any atom is -0.497 e. The third-order valence-electron chi connectivity index (χ3n) is 3.79. The van der Waals surface area contributed by atoms with Crippen LogP contribution in [-0.2, 0) is 9.53 Å². The van der Waals surface area contributed by atoms with Gasteiger partial charge in [-0.15, -0.1) is 11.3 Å². The van der Waals surface area contributed by atoms with Crippen molar-refractivity contribution in [2.45, 2.75) is 13.8 Å². The summed E-state index contributed by atoms with van der Waals surface area (Å²) in [6.07, 6.45) is 0. The van der Waals surface area contributed by atoms with Crippen molar-refractivity contribution in [3.63, 3.8) is 0 Å². The fourth-order valence-corrected chi connectivity index (χ4v) is 3.66. The second kappa shape index (κ2) is 7.58. The van der Waals surface area contributed by atoms with Crippen molar-refractivity contribution in [3.05, 3.63) is 50.9 Å². The van der Waals surface area contributed by atoms with Crippen LogP contribution < -0.4 is 15.6 Å². The van der Waals surface area contributed by atoms with Crippen LogP contribution in [-0.4, -0.2) is 35.6 Å². The normalized spacial score (nSPS) is 10.6. The smallest absolute Gasteiger partial charge is 0.349 e. The third kappa shape index (κ3) is 3.98. The van der Waals surface area contributed by atoms with E-state index in [2.05, 4.69) is 15.3 Å². The van der Waals surface area contributed by atoms with Crippen molar-refractivity contribution < 1.29 is 19.1 Å². The molecule has 0 saturated heterocycles. The van der Waals surface area contributed by atoms with Gasteiger partial charge in [0.15, 0.2) is 6.61 Å². The van der Waals surface area contributed by atoms with E-state index in [-0.39, 0.29) is 10.4 Å². The number of esters is 1. The number of ether oxygens (including phenoxy) is 2. The number of carbonyl (C=O) groups is 2. The van der Waals surface area contributed by atoms with Crippen LogP contribution in [0.15, 0.2) is 29.1 Å². The number of rotatable bonds is 5. The van der Waals surface area contributed by atoms with Gasteiger partial charge in [-0.1, -0.05) is 6.07 Å². The molecule has 8 nitrogen and oxygen atoms in total. The topological polar surface area (TPSA) is 110 Å². The Morgan fingerprint density at radius 1 is 1.30 bits per heavy atom. The molecule has 1 aromatic carbocycles. The van der Waals surface area contributed by atoms with Crippen LogP contribution >= 0.6 is 11.3 Å². The van der Waals surface area contributed by atoms with E-state index in [4.69, 9.17) is 9.47 Å². The zero-order valence-corrected chi connectivity index (χ0v) is 15.7. The first kappa shape index (κ1) is 18.6. The van der Waals surface area contributed by atoms with Crippen LogP contribution in [0.5, 0.6) is 5.75 Å². The van der Waals surface area contributed by atoms with Crippen molar-refractivity contribution >= 4 is 39.1 Å². The lowest BCUT2D eigenvalue weighted by molar-refractivity contribution is -0.119. The Bertz CT molecular complexity index is 1090. The quantitative estimate of drug-likeness (QED) is 0.651. The molecule has 27 heavy (non-hydrogen) atoms. The molecule has 9 heteroatoms. The number of nitrogens with zero attached hydrogens (tertiary/aromatic N) is 1. The van der Waals surface area contributed by atoms with E-state index < -0.39 is 18.5 Å². The SMILES string of the molecule is COc1cccc(NC(=O)COC(=O)c2sc3nc(C)[nH]c(=O)c3c2C)c1. The number of anilines is 1. The fourth-order valence-electron chi connectivity index (χ4n) is 2.54. The Labute approximate surface area is 158 Å². The molecule has 0 aliphatic carbocycles. The maximum atomic E-state index is 12.3. The summed E-state index contributed by atoms with van der Waals surface area (Å²) in [4.78, 5) is 44.0. The largest absolute Gasteiger partial charge is 0.497 e. The molecule has 2 N–H and O–H groups in total. The number of hydrogen-bond donors (Lipinski definition) is 2. The lowest BCUT2D eigenvalue weighted by Crippen LogP contribution is -2.20. The first-order valence-corrected chi connectivity index (χ1v) is 8.81. The second-order valence-electron chi connectivity index (χ2n) is 5.74. The van der Waals surface area contributed by atoms with Gasteiger partial charge in [0.2, 0.25) is 0 Å². The highest BCUT2D eigenvalue weighted by molar-refractivity contribution is 7.20. The summed E-state index contributed by atoms with van der Waals surface area (Å²) in [5.74, 6) is -0.0967. The Hall–Kier alpha value is -3.20. The van der Waals surface area contributed by atoms with Gasteiger partial charge < -0.3 is 19.8 Å². The molecule has 0 saturated carbocycles. The minimum atomic E-state index is -0.673. The van der Waals surface area contributed by atoms with Crippen molar-refractivity contribution in [2.24, 2.45) is 0 Å². The standard InChI is InChI=1S/C18H17N3O5S/c1-9-14-16(23)19-10(2)20-17(14)27-15(9)18(24)26-8-13(22)21-11-5-4-6-12(7-11)25-3/h4-7H,8H2,1-3H3,(H,21,22)(H,19,20,23). The van der Waals surface area contributed by atoms with E-state index in [0.717, 1.165) is 11.3 Å². The number of nitrogens with one attached hydrogen (secondary N) is 2. The molecule has 0 aliphatic heterocycles. The molecule has 0 radical (unpaired) electrons. The maximum Gasteiger partial charge on any atom is 0.349 e. The van der Waals surface area contributed by atoms with Gasteiger partial charge in [0.25, 0.3) is 11.5 Å². The molecule has 2 aromatic heterocycles. The summed E-state index contributed by atoms with van der Waals surface area (Å²) in [5, 5.41) is 2.98. The number of amides is 1. The van der Waals surface area contributed by atoms with Crippen molar-refractivity contribution in [3.8, 4) is 5.75 Å². The Morgan fingerprint density at radius 2 is 2.07 bits per heavy atom. The van der Waals surface area contributed by atoms with Gasteiger partial charge in [0.1, 0.15) is 21.3 Å². The highest BCUT2D eigenvalue weighted by Gasteiger charge is 2.20. The number of aromatic amines is 1. The Kier molecular flexibility index (Phi) is 5.22. The lowest BCUT2D eigenvalue weighted by Gasteiger charge is -2.07. The van der Waals surface area contributed by atoms with Gasteiger partial charge in [0.05, 0.1) is 12.5 Å². The molecule has 2 heterocycles. The first-order valence-electron chi connectivity index (χ1n) is 8.00. The number of benzene rings is 1. The lowest BCUT2D eigenvalue weighted by atomic mass is 10.2. The average Bonchev–Trinajstić information content (AvgIpc) is 2.96. The number of methoxy groups -OCH3 is 1. The second-order valence-corrected chi connectivity index (χ2v) is 6.74. The average molecular weight is 387 g/mol. The molecule has 0 bridgehead atoms. The van der Waals surface area contributed by atoms with E-state index in [9.17, 15) is 14.4 Å². The zero-order valence-electron chi connectivity index (χ0n) is 14.9. The first-order chi connectivity index (χ1) is 12.9. The summed E-state index contributed by atoms with van der Waals surface area (Å²) in [5.41, 5.74) is 0.711. The van der Waals surface area contributed by atoms with Crippen molar-refractivity contribution in [1.82, 2.24) is 9.97 Å². The van der Waals surface area contributed by atoms with E-state index in [1.807, 2.05) is 0 Å². The van der Waals surface area contributed by atoms with Gasteiger partial charge in [-0.05, 0) is 31.5 Å². The van der Waals surface area contributed by atoms with Gasteiger partial charge in [0, 0.05) is 11.8 Å². The number of aryl methyl sites for hydroxylation is 2. The highest BCUT2D eigenvalue weighted by atomic mass is 32.1. The van der Waals surface area contributed by atoms with E-state index >= 15 is 0 Å². The van der Waals surface area contributed by atoms with Crippen LogP contribution in [0.25, 0.3) is 10.2 Å². The molecule has 0 unspecified atom stereocenters. The summed E-state index contributed by atoms with van der Waals surface area (Å²) in [6, 6.07) is 6.82. The predicted molar refractivity (Wildman–Crippen MR) is 102 cm³/mol. The molecule has 0 spiro atoms. The number of carbonyl (C=O) groups excluding carboxylic acids is 2. The summed E-state index contributed by atoms with van der Waals surface area (Å²) in [6.45, 7) is 2.86. The summed E-state index contributed by atoms with van der Waals surface area (Å²) < 4.78 is 10.2. The van der Waals surface area contributed by atoms with Gasteiger partial charge >= 0.3 is 5.97 Å². The van der Waals surface area contributed by atoms with Crippen molar-refractivity contribution in [1.29, 1.82) is 0 Å². The Morgan fingerprint density at radius 3 is 2.81 bits per heavy atom. The molecule has 0 fully saturated rings.